The quantitative estimate of drug-likeness (QED) is 0.802. The van der Waals surface area contributed by atoms with Gasteiger partial charge in [-0.25, -0.2) is 0 Å². The molecule has 0 unspecified atom stereocenters. The van der Waals surface area contributed by atoms with Gasteiger partial charge in [-0.05, 0) is 80.8 Å². The van der Waals surface area contributed by atoms with Crippen molar-refractivity contribution in [1.29, 1.82) is 0 Å². The van der Waals surface area contributed by atoms with Crippen LogP contribution in [-0.2, 0) is 6.42 Å². The molecule has 2 heterocycles. The van der Waals surface area contributed by atoms with Crippen LogP contribution in [0.25, 0.3) is 10.9 Å². The number of rotatable bonds is 4. The van der Waals surface area contributed by atoms with Crippen molar-refractivity contribution in [2.24, 2.45) is 0 Å². The van der Waals surface area contributed by atoms with E-state index in [2.05, 4.69) is 34.7 Å². The van der Waals surface area contributed by atoms with Gasteiger partial charge in [-0.2, -0.15) is 0 Å². The maximum Gasteiger partial charge on any atom is 0.0651 e. The molecular formula is C20H28N2O. The lowest BCUT2D eigenvalue weighted by Crippen LogP contribution is -2.26. The molecule has 2 fully saturated rings. The summed E-state index contributed by atoms with van der Waals surface area (Å²) in [6, 6.07) is 6.80. The second kappa shape index (κ2) is 6.29. The van der Waals surface area contributed by atoms with E-state index in [9.17, 15) is 5.11 Å². The number of piperidine rings is 1. The van der Waals surface area contributed by atoms with E-state index in [0.29, 0.717) is 5.92 Å². The van der Waals surface area contributed by atoms with Gasteiger partial charge in [-0.3, -0.25) is 0 Å². The third kappa shape index (κ3) is 3.17. The largest absolute Gasteiger partial charge is 0.390 e. The van der Waals surface area contributed by atoms with E-state index in [4.69, 9.17) is 0 Å². The van der Waals surface area contributed by atoms with E-state index >= 15 is 0 Å². The highest BCUT2D eigenvalue weighted by atomic mass is 16.3. The van der Waals surface area contributed by atoms with Crippen LogP contribution in [0, 0.1) is 0 Å². The van der Waals surface area contributed by atoms with E-state index in [1.54, 1.807) is 0 Å². The number of aromatic amines is 1. The first-order valence-corrected chi connectivity index (χ1v) is 9.27. The Morgan fingerprint density at radius 1 is 1.13 bits per heavy atom. The van der Waals surface area contributed by atoms with Crippen LogP contribution < -0.4 is 5.32 Å². The lowest BCUT2D eigenvalue weighted by Gasteiger charge is -2.23. The van der Waals surface area contributed by atoms with Gasteiger partial charge in [0, 0.05) is 17.1 Å². The third-order valence-electron chi connectivity index (χ3n) is 5.97. The summed E-state index contributed by atoms with van der Waals surface area (Å²) in [6.07, 6.45) is 10.9. The summed E-state index contributed by atoms with van der Waals surface area (Å²) in [6.45, 7) is 2.26. The van der Waals surface area contributed by atoms with Crippen molar-refractivity contribution in [3.8, 4) is 0 Å². The van der Waals surface area contributed by atoms with Crippen molar-refractivity contribution in [3.63, 3.8) is 0 Å². The molecule has 124 valence electrons. The van der Waals surface area contributed by atoms with Gasteiger partial charge < -0.3 is 15.4 Å². The molecule has 1 saturated carbocycles. The van der Waals surface area contributed by atoms with Crippen LogP contribution in [0.3, 0.4) is 0 Å². The predicted molar refractivity (Wildman–Crippen MR) is 94.9 cm³/mol. The molecule has 0 radical (unpaired) electrons. The van der Waals surface area contributed by atoms with E-state index in [1.165, 1.54) is 47.7 Å². The van der Waals surface area contributed by atoms with Crippen molar-refractivity contribution < 1.29 is 5.11 Å². The zero-order valence-electron chi connectivity index (χ0n) is 13.9. The molecule has 3 heteroatoms. The molecule has 2 aromatic rings. The summed E-state index contributed by atoms with van der Waals surface area (Å²) in [7, 11) is 0. The Kier molecular flexibility index (Phi) is 4.16. The minimum absolute atomic E-state index is 0.398. The highest BCUT2D eigenvalue weighted by molar-refractivity contribution is 5.84. The second-order valence-corrected chi connectivity index (χ2v) is 7.58. The SMILES string of the molecule is OC1(CCc2ccc3[nH]cc(C4CCNCC4)c3c2)CCCC1. The van der Waals surface area contributed by atoms with Crippen LogP contribution in [0.2, 0.25) is 0 Å². The lowest BCUT2D eigenvalue weighted by atomic mass is 9.89. The molecule has 0 bridgehead atoms. The third-order valence-corrected chi connectivity index (χ3v) is 5.97. The highest BCUT2D eigenvalue weighted by Gasteiger charge is 2.30. The Balaban J connectivity index is 1.54. The minimum Gasteiger partial charge on any atom is -0.390 e. The summed E-state index contributed by atoms with van der Waals surface area (Å²) < 4.78 is 0. The molecule has 3 N–H and O–H groups in total. The van der Waals surface area contributed by atoms with Gasteiger partial charge in [0.25, 0.3) is 0 Å². The van der Waals surface area contributed by atoms with Crippen LogP contribution in [-0.4, -0.2) is 28.8 Å². The molecule has 3 nitrogen and oxygen atoms in total. The fourth-order valence-corrected chi connectivity index (χ4v) is 4.48. The molecule has 1 aliphatic carbocycles. The average molecular weight is 312 g/mol. The fraction of sp³-hybridized carbons (Fsp3) is 0.600. The van der Waals surface area contributed by atoms with Gasteiger partial charge in [0.15, 0.2) is 0 Å². The topological polar surface area (TPSA) is 48.0 Å². The Morgan fingerprint density at radius 3 is 2.70 bits per heavy atom. The summed E-state index contributed by atoms with van der Waals surface area (Å²) in [5.41, 5.74) is 3.71. The molecule has 0 amide bonds. The number of aliphatic hydroxyl groups is 1. The standard InChI is InChI=1S/C20H28N2O/c23-20(8-1-2-9-20)10-5-15-3-4-19-17(13-15)18(14-22-19)16-6-11-21-12-7-16/h3-4,13-14,16,21-23H,1-2,5-12H2. The van der Waals surface area contributed by atoms with Crippen molar-refractivity contribution in [3.05, 3.63) is 35.5 Å². The van der Waals surface area contributed by atoms with Gasteiger partial charge >= 0.3 is 0 Å². The van der Waals surface area contributed by atoms with Gasteiger partial charge in [0.2, 0.25) is 0 Å². The molecule has 2 aliphatic rings. The Bertz CT molecular complexity index is 663. The Morgan fingerprint density at radius 2 is 1.91 bits per heavy atom. The Hall–Kier alpha value is -1.32. The van der Waals surface area contributed by atoms with Crippen LogP contribution in [0.1, 0.15) is 62.0 Å². The maximum absolute atomic E-state index is 10.6. The number of nitrogens with one attached hydrogen (secondary N) is 2. The summed E-state index contributed by atoms with van der Waals surface area (Å²) in [5, 5.41) is 15.4. The van der Waals surface area contributed by atoms with Crippen LogP contribution >= 0.6 is 0 Å². The monoisotopic (exact) mass is 312 g/mol. The molecular weight excluding hydrogens is 284 g/mol. The van der Waals surface area contributed by atoms with Crippen molar-refractivity contribution in [2.75, 3.05) is 13.1 Å². The van der Waals surface area contributed by atoms with Crippen LogP contribution in [0.5, 0.6) is 0 Å². The zero-order valence-corrected chi connectivity index (χ0v) is 13.9. The van der Waals surface area contributed by atoms with Gasteiger partial charge in [0.1, 0.15) is 0 Å². The number of aromatic nitrogens is 1. The van der Waals surface area contributed by atoms with Crippen molar-refractivity contribution in [1.82, 2.24) is 10.3 Å². The first-order valence-electron chi connectivity index (χ1n) is 9.27. The normalized spacial score (nSPS) is 22.0. The summed E-state index contributed by atoms with van der Waals surface area (Å²) >= 11 is 0. The fourth-order valence-electron chi connectivity index (χ4n) is 4.48. The summed E-state index contributed by atoms with van der Waals surface area (Å²) in [4.78, 5) is 3.45. The average Bonchev–Trinajstić information content (AvgIpc) is 3.20. The molecule has 0 spiro atoms. The highest BCUT2D eigenvalue weighted by Crippen LogP contribution is 2.35. The smallest absolute Gasteiger partial charge is 0.0651 e. The minimum atomic E-state index is -0.398. The number of hydrogen-bond acceptors (Lipinski definition) is 2. The number of H-pyrrole nitrogens is 1. The van der Waals surface area contributed by atoms with Crippen LogP contribution in [0.4, 0.5) is 0 Å². The summed E-state index contributed by atoms with van der Waals surface area (Å²) in [5.74, 6) is 0.680. The molecule has 1 aliphatic heterocycles. The first kappa shape index (κ1) is 15.2. The Labute approximate surface area is 138 Å². The number of hydrogen-bond donors (Lipinski definition) is 3. The van der Waals surface area contributed by atoms with E-state index in [1.807, 2.05) is 0 Å². The van der Waals surface area contributed by atoms with Crippen LogP contribution in [0.15, 0.2) is 24.4 Å². The second-order valence-electron chi connectivity index (χ2n) is 7.58. The predicted octanol–water partition coefficient (Wildman–Crippen LogP) is 3.87. The molecule has 1 aromatic carbocycles. The van der Waals surface area contributed by atoms with Crippen molar-refractivity contribution >= 4 is 10.9 Å². The van der Waals surface area contributed by atoms with Gasteiger partial charge in [0.05, 0.1) is 5.60 Å². The molecule has 23 heavy (non-hydrogen) atoms. The molecule has 4 rings (SSSR count). The number of aryl methyl sites for hydroxylation is 1. The lowest BCUT2D eigenvalue weighted by molar-refractivity contribution is 0.0391. The zero-order chi connectivity index (χ0) is 15.7. The number of fused-ring (bicyclic) bond motifs is 1. The van der Waals surface area contributed by atoms with E-state index in [-0.39, 0.29) is 0 Å². The van der Waals surface area contributed by atoms with Crippen molar-refractivity contribution in [2.45, 2.75) is 62.9 Å². The van der Waals surface area contributed by atoms with E-state index in [0.717, 1.165) is 38.8 Å². The molecule has 0 atom stereocenters. The molecule has 1 saturated heterocycles. The van der Waals surface area contributed by atoms with Gasteiger partial charge in [-0.15, -0.1) is 0 Å². The maximum atomic E-state index is 10.6. The molecule has 1 aromatic heterocycles. The van der Waals surface area contributed by atoms with E-state index < -0.39 is 5.60 Å². The van der Waals surface area contributed by atoms with Gasteiger partial charge in [-0.1, -0.05) is 18.9 Å². The number of benzene rings is 1. The first-order chi connectivity index (χ1) is 11.2.